The Kier molecular flexibility index (Phi) is 5.20. The standard InChI is InChI=1S/C20H20N4O4/c25-19(22-16-4-1-15-12-21-23-18(15)11-16)13-28-17-5-2-14(3-6-17)20(26)24-7-9-27-10-8-24/h1-6,11-12H,7-10,13H2,(H,21,23)(H,22,25). The van der Waals surface area contributed by atoms with E-state index in [9.17, 15) is 9.59 Å². The van der Waals surface area contributed by atoms with E-state index in [0.29, 0.717) is 43.3 Å². The molecular formula is C20H20N4O4. The Morgan fingerprint density at radius 1 is 1.14 bits per heavy atom. The minimum Gasteiger partial charge on any atom is -0.484 e. The number of carbonyl (C=O) groups excluding carboxylic acids is 2. The Labute approximate surface area is 161 Å². The number of carbonyl (C=O) groups is 2. The highest BCUT2D eigenvalue weighted by Crippen LogP contribution is 2.17. The van der Waals surface area contributed by atoms with E-state index in [1.54, 1.807) is 35.4 Å². The largest absolute Gasteiger partial charge is 0.484 e. The molecule has 0 radical (unpaired) electrons. The maximum Gasteiger partial charge on any atom is 0.262 e. The van der Waals surface area contributed by atoms with Crippen molar-refractivity contribution in [3.63, 3.8) is 0 Å². The molecule has 1 aliphatic heterocycles. The Hall–Kier alpha value is -3.39. The minimum absolute atomic E-state index is 0.0261. The fraction of sp³-hybridized carbons (Fsp3) is 0.250. The van der Waals surface area contributed by atoms with Crippen LogP contribution in [0.1, 0.15) is 10.4 Å². The van der Waals surface area contributed by atoms with Crippen molar-refractivity contribution in [1.82, 2.24) is 15.1 Å². The molecule has 0 bridgehead atoms. The summed E-state index contributed by atoms with van der Waals surface area (Å²) in [6, 6.07) is 12.3. The van der Waals surface area contributed by atoms with E-state index in [-0.39, 0.29) is 18.4 Å². The van der Waals surface area contributed by atoms with Crippen molar-refractivity contribution in [3.05, 3.63) is 54.2 Å². The third kappa shape index (κ3) is 4.12. The molecule has 3 aromatic rings. The zero-order valence-corrected chi connectivity index (χ0v) is 15.2. The molecule has 2 amide bonds. The van der Waals surface area contributed by atoms with E-state index in [4.69, 9.17) is 9.47 Å². The van der Waals surface area contributed by atoms with E-state index >= 15 is 0 Å². The van der Waals surface area contributed by atoms with E-state index in [2.05, 4.69) is 15.5 Å². The third-order valence-electron chi connectivity index (χ3n) is 4.50. The maximum absolute atomic E-state index is 12.4. The molecule has 28 heavy (non-hydrogen) atoms. The number of nitrogens with zero attached hydrogens (tertiary/aromatic N) is 2. The second kappa shape index (κ2) is 8.10. The van der Waals surface area contributed by atoms with Crippen LogP contribution in [0.2, 0.25) is 0 Å². The molecular weight excluding hydrogens is 360 g/mol. The first kappa shape index (κ1) is 18.0. The van der Waals surface area contributed by atoms with Gasteiger partial charge < -0.3 is 19.7 Å². The summed E-state index contributed by atoms with van der Waals surface area (Å²) >= 11 is 0. The fourth-order valence-electron chi connectivity index (χ4n) is 3.00. The lowest BCUT2D eigenvalue weighted by molar-refractivity contribution is -0.118. The van der Waals surface area contributed by atoms with Gasteiger partial charge in [-0.05, 0) is 42.5 Å². The molecule has 0 spiro atoms. The highest BCUT2D eigenvalue weighted by Gasteiger charge is 2.18. The first-order valence-electron chi connectivity index (χ1n) is 9.02. The van der Waals surface area contributed by atoms with Crippen LogP contribution < -0.4 is 10.1 Å². The number of aromatic amines is 1. The zero-order chi connectivity index (χ0) is 19.3. The Balaban J connectivity index is 1.30. The number of rotatable bonds is 5. The van der Waals surface area contributed by atoms with Gasteiger partial charge in [0.1, 0.15) is 5.75 Å². The predicted molar refractivity (Wildman–Crippen MR) is 103 cm³/mol. The van der Waals surface area contributed by atoms with Crippen molar-refractivity contribution in [2.75, 3.05) is 38.2 Å². The van der Waals surface area contributed by atoms with Crippen molar-refractivity contribution in [1.29, 1.82) is 0 Å². The summed E-state index contributed by atoms with van der Waals surface area (Å²) in [4.78, 5) is 26.3. The van der Waals surface area contributed by atoms with Crippen LogP contribution in [0.4, 0.5) is 5.69 Å². The molecule has 2 aromatic carbocycles. The molecule has 144 valence electrons. The number of aromatic nitrogens is 2. The average Bonchev–Trinajstić information content (AvgIpc) is 3.21. The summed E-state index contributed by atoms with van der Waals surface area (Å²) in [7, 11) is 0. The molecule has 1 fully saturated rings. The van der Waals surface area contributed by atoms with Crippen molar-refractivity contribution in [2.24, 2.45) is 0 Å². The number of fused-ring (bicyclic) bond motifs is 1. The number of H-pyrrole nitrogens is 1. The van der Waals surface area contributed by atoms with Crippen LogP contribution >= 0.6 is 0 Å². The number of nitrogens with one attached hydrogen (secondary N) is 2. The van der Waals surface area contributed by atoms with Gasteiger partial charge in [-0.2, -0.15) is 5.10 Å². The molecule has 2 N–H and O–H groups in total. The summed E-state index contributed by atoms with van der Waals surface area (Å²) in [6.45, 7) is 2.20. The molecule has 2 heterocycles. The molecule has 1 saturated heterocycles. The van der Waals surface area contributed by atoms with Gasteiger partial charge in [-0.3, -0.25) is 14.7 Å². The molecule has 0 atom stereocenters. The lowest BCUT2D eigenvalue weighted by Crippen LogP contribution is -2.40. The van der Waals surface area contributed by atoms with Crippen LogP contribution in [0.15, 0.2) is 48.7 Å². The number of amides is 2. The van der Waals surface area contributed by atoms with E-state index in [1.165, 1.54) is 0 Å². The molecule has 1 aromatic heterocycles. The SMILES string of the molecule is O=C(COc1ccc(C(=O)N2CCOCC2)cc1)Nc1ccc2cn[nH]c2c1. The van der Waals surface area contributed by atoms with Gasteiger partial charge in [0, 0.05) is 29.7 Å². The van der Waals surface area contributed by atoms with Gasteiger partial charge in [0.2, 0.25) is 0 Å². The van der Waals surface area contributed by atoms with Gasteiger partial charge in [0.05, 0.1) is 24.9 Å². The maximum atomic E-state index is 12.4. The van der Waals surface area contributed by atoms with Gasteiger partial charge in [0.15, 0.2) is 6.61 Å². The van der Waals surface area contributed by atoms with Gasteiger partial charge >= 0.3 is 0 Å². The number of ether oxygens (including phenoxy) is 2. The average molecular weight is 380 g/mol. The highest BCUT2D eigenvalue weighted by atomic mass is 16.5. The number of hydrogen-bond acceptors (Lipinski definition) is 5. The van der Waals surface area contributed by atoms with Gasteiger partial charge in [-0.25, -0.2) is 0 Å². The number of hydrogen-bond donors (Lipinski definition) is 2. The Morgan fingerprint density at radius 3 is 2.71 bits per heavy atom. The van der Waals surface area contributed by atoms with Crippen LogP contribution in [0.25, 0.3) is 10.9 Å². The molecule has 8 nitrogen and oxygen atoms in total. The summed E-state index contributed by atoms with van der Waals surface area (Å²) in [6.07, 6.45) is 1.72. The molecule has 8 heteroatoms. The van der Waals surface area contributed by atoms with Gasteiger partial charge in [0.25, 0.3) is 11.8 Å². The zero-order valence-electron chi connectivity index (χ0n) is 15.2. The lowest BCUT2D eigenvalue weighted by Gasteiger charge is -2.26. The normalized spacial score (nSPS) is 14.1. The van der Waals surface area contributed by atoms with Gasteiger partial charge in [-0.1, -0.05) is 0 Å². The lowest BCUT2D eigenvalue weighted by atomic mass is 10.2. The highest BCUT2D eigenvalue weighted by molar-refractivity contribution is 5.95. The van der Waals surface area contributed by atoms with E-state index in [0.717, 1.165) is 10.9 Å². The predicted octanol–water partition coefficient (Wildman–Crippen LogP) is 2.05. The minimum atomic E-state index is -0.271. The summed E-state index contributed by atoms with van der Waals surface area (Å²) in [5, 5.41) is 10.6. The smallest absolute Gasteiger partial charge is 0.262 e. The molecule has 4 rings (SSSR count). The second-order valence-corrected chi connectivity index (χ2v) is 6.44. The molecule has 0 saturated carbocycles. The fourth-order valence-corrected chi connectivity index (χ4v) is 3.00. The molecule has 0 aliphatic carbocycles. The van der Waals surface area contributed by atoms with Crippen molar-refractivity contribution in [3.8, 4) is 5.75 Å². The molecule has 1 aliphatic rings. The monoisotopic (exact) mass is 380 g/mol. The quantitative estimate of drug-likeness (QED) is 0.706. The van der Waals surface area contributed by atoms with Crippen LogP contribution in [0.5, 0.6) is 5.75 Å². The first-order chi connectivity index (χ1) is 13.7. The van der Waals surface area contributed by atoms with Crippen molar-refractivity contribution < 1.29 is 19.1 Å². The number of benzene rings is 2. The van der Waals surface area contributed by atoms with Crippen LogP contribution in [-0.4, -0.2) is 59.8 Å². The summed E-state index contributed by atoms with van der Waals surface area (Å²) in [5.41, 5.74) is 2.10. The first-order valence-corrected chi connectivity index (χ1v) is 9.02. The summed E-state index contributed by atoms with van der Waals surface area (Å²) in [5.74, 6) is 0.229. The van der Waals surface area contributed by atoms with E-state index in [1.807, 2.05) is 18.2 Å². The third-order valence-corrected chi connectivity index (χ3v) is 4.50. The van der Waals surface area contributed by atoms with Crippen LogP contribution in [0, 0.1) is 0 Å². The Bertz CT molecular complexity index is 977. The second-order valence-electron chi connectivity index (χ2n) is 6.44. The number of morpholine rings is 1. The number of anilines is 1. The van der Waals surface area contributed by atoms with Crippen molar-refractivity contribution in [2.45, 2.75) is 0 Å². The molecule has 0 unspecified atom stereocenters. The van der Waals surface area contributed by atoms with Crippen LogP contribution in [-0.2, 0) is 9.53 Å². The van der Waals surface area contributed by atoms with Crippen LogP contribution in [0.3, 0.4) is 0 Å². The van der Waals surface area contributed by atoms with Crippen molar-refractivity contribution >= 4 is 28.4 Å². The topological polar surface area (TPSA) is 96.6 Å². The van der Waals surface area contributed by atoms with E-state index < -0.39 is 0 Å². The summed E-state index contributed by atoms with van der Waals surface area (Å²) < 4.78 is 10.8. The van der Waals surface area contributed by atoms with Gasteiger partial charge in [-0.15, -0.1) is 0 Å². The Morgan fingerprint density at radius 2 is 1.93 bits per heavy atom.